The normalized spacial score (nSPS) is 18.0. The quantitative estimate of drug-likeness (QED) is 0.903. The molecule has 2 aromatic rings. The minimum atomic E-state index is -0.183. The molecular weight excluding hydrogens is 268 g/mol. The van der Waals surface area contributed by atoms with Gasteiger partial charge in [0.2, 0.25) is 0 Å². The number of ether oxygens (including phenoxy) is 1. The number of hydrogen-bond donors (Lipinski definition) is 2. The molecule has 110 valence electrons. The molecule has 1 atom stereocenters. The molecule has 1 aliphatic heterocycles. The zero-order valence-corrected chi connectivity index (χ0v) is 11.9. The number of pyridine rings is 1. The fraction of sp³-hybridized carbons (Fsp3) is 0.375. The van der Waals surface area contributed by atoms with Crippen molar-refractivity contribution < 1.29 is 9.53 Å². The monoisotopic (exact) mass is 286 g/mol. The van der Waals surface area contributed by atoms with Crippen LogP contribution in [0.4, 0.5) is 0 Å². The number of amides is 1. The van der Waals surface area contributed by atoms with E-state index in [1.807, 2.05) is 6.92 Å². The van der Waals surface area contributed by atoms with Gasteiger partial charge in [-0.2, -0.15) is 0 Å². The largest absolute Gasteiger partial charge is 0.376 e. The molecule has 1 saturated heterocycles. The Balaban J connectivity index is 1.88. The Labute approximate surface area is 122 Å². The first-order valence-corrected chi connectivity index (χ1v) is 7.17. The summed E-state index contributed by atoms with van der Waals surface area (Å²) in [5.41, 5.74) is 1.75. The number of carbonyl (C=O) groups is 1. The van der Waals surface area contributed by atoms with Crippen molar-refractivity contribution in [3.63, 3.8) is 0 Å². The van der Waals surface area contributed by atoms with Crippen LogP contribution in [-0.4, -0.2) is 30.1 Å². The van der Waals surface area contributed by atoms with Crippen molar-refractivity contribution in [1.29, 1.82) is 0 Å². The Hall–Kier alpha value is -2.14. The van der Waals surface area contributed by atoms with Gasteiger partial charge in [0.05, 0.1) is 17.2 Å². The van der Waals surface area contributed by atoms with Gasteiger partial charge in [-0.25, -0.2) is 0 Å². The molecule has 0 bridgehead atoms. The van der Waals surface area contributed by atoms with E-state index >= 15 is 0 Å². The lowest BCUT2D eigenvalue weighted by atomic mass is 10.1. The standard InChI is InChI=1S/C16H18N2O3/c1-10-8-14(19)12-5-2-6-13(15(12)18-10)16(20)17-9-11-4-3-7-21-11/h2,5-6,8,11H,3-4,7,9H2,1H3,(H,17,20)(H,18,19)/t11-/m0/s1. The van der Waals surface area contributed by atoms with Crippen LogP contribution in [0.1, 0.15) is 28.9 Å². The zero-order valence-electron chi connectivity index (χ0n) is 11.9. The van der Waals surface area contributed by atoms with Crippen LogP contribution < -0.4 is 10.7 Å². The third-order valence-corrected chi connectivity index (χ3v) is 3.76. The second kappa shape index (κ2) is 5.69. The van der Waals surface area contributed by atoms with Crippen molar-refractivity contribution in [2.45, 2.75) is 25.9 Å². The van der Waals surface area contributed by atoms with Gasteiger partial charge >= 0.3 is 0 Å². The Morgan fingerprint density at radius 3 is 3.10 bits per heavy atom. The molecule has 0 unspecified atom stereocenters. The van der Waals surface area contributed by atoms with Gasteiger partial charge in [0.15, 0.2) is 5.43 Å². The molecule has 5 nitrogen and oxygen atoms in total. The summed E-state index contributed by atoms with van der Waals surface area (Å²) in [5.74, 6) is -0.183. The van der Waals surface area contributed by atoms with Gasteiger partial charge in [0, 0.05) is 30.3 Å². The summed E-state index contributed by atoms with van der Waals surface area (Å²) in [6.45, 7) is 3.08. The molecular formula is C16H18N2O3. The van der Waals surface area contributed by atoms with Crippen molar-refractivity contribution in [1.82, 2.24) is 10.3 Å². The number of rotatable bonds is 3. The lowest BCUT2D eigenvalue weighted by Crippen LogP contribution is -2.32. The van der Waals surface area contributed by atoms with Crippen LogP contribution in [-0.2, 0) is 4.74 Å². The maximum absolute atomic E-state index is 12.3. The van der Waals surface area contributed by atoms with Crippen molar-refractivity contribution in [2.24, 2.45) is 0 Å². The summed E-state index contributed by atoms with van der Waals surface area (Å²) in [5, 5.41) is 3.42. The van der Waals surface area contributed by atoms with Crippen LogP contribution >= 0.6 is 0 Å². The molecule has 2 N–H and O–H groups in total. The van der Waals surface area contributed by atoms with Crippen LogP contribution in [0.5, 0.6) is 0 Å². The van der Waals surface area contributed by atoms with Gasteiger partial charge in [-0.15, -0.1) is 0 Å². The maximum atomic E-state index is 12.3. The zero-order chi connectivity index (χ0) is 14.8. The van der Waals surface area contributed by atoms with Crippen molar-refractivity contribution in [3.8, 4) is 0 Å². The van der Waals surface area contributed by atoms with E-state index in [-0.39, 0.29) is 17.4 Å². The van der Waals surface area contributed by atoms with Gasteiger partial charge in [-0.05, 0) is 31.9 Å². The average molecular weight is 286 g/mol. The minimum Gasteiger partial charge on any atom is -0.376 e. The first-order valence-electron chi connectivity index (χ1n) is 7.17. The highest BCUT2D eigenvalue weighted by Crippen LogP contribution is 2.15. The molecule has 0 aliphatic carbocycles. The van der Waals surface area contributed by atoms with Crippen LogP contribution in [0, 0.1) is 6.92 Å². The van der Waals surface area contributed by atoms with Crippen LogP contribution in [0.25, 0.3) is 10.9 Å². The first-order chi connectivity index (χ1) is 10.1. The molecule has 3 rings (SSSR count). The van der Waals surface area contributed by atoms with Gasteiger partial charge in [-0.1, -0.05) is 6.07 Å². The topological polar surface area (TPSA) is 71.2 Å². The highest BCUT2D eigenvalue weighted by atomic mass is 16.5. The molecule has 5 heteroatoms. The molecule has 0 saturated carbocycles. The van der Waals surface area contributed by atoms with Gasteiger partial charge < -0.3 is 15.0 Å². The Morgan fingerprint density at radius 2 is 2.33 bits per heavy atom. The lowest BCUT2D eigenvalue weighted by molar-refractivity contribution is 0.0859. The van der Waals surface area contributed by atoms with Crippen molar-refractivity contribution >= 4 is 16.8 Å². The third-order valence-electron chi connectivity index (χ3n) is 3.76. The maximum Gasteiger partial charge on any atom is 0.253 e. The number of para-hydroxylation sites is 1. The fourth-order valence-electron chi connectivity index (χ4n) is 2.70. The molecule has 1 aliphatic rings. The SMILES string of the molecule is Cc1cc(=O)c2cccc(C(=O)NC[C@@H]3CCCO3)c2[nH]1. The van der Waals surface area contributed by atoms with Crippen LogP contribution in [0.3, 0.4) is 0 Å². The summed E-state index contributed by atoms with van der Waals surface area (Å²) in [7, 11) is 0. The van der Waals surface area contributed by atoms with Crippen LogP contribution in [0.2, 0.25) is 0 Å². The summed E-state index contributed by atoms with van der Waals surface area (Å²) >= 11 is 0. The van der Waals surface area contributed by atoms with E-state index in [4.69, 9.17) is 4.74 Å². The second-order valence-electron chi connectivity index (χ2n) is 5.39. The van der Waals surface area contributed by atoms with E-state index in [2.05, 4.69) is 10.3 Å². The molecule has 1 aromatic heterocycles. The van der Waals surface area contributed by atoms with E-state index in [1.54, 1.807) is 18.2 Å². The summed E-state index contributed by atoms with van der Waals surface area (Å²) < 4.78 is 5.49. The van der Waals surface area contributed by atoms with E-state index < -0.39 is 0 Å². The summed E-state index contributed by atoms with van der Waals surface area (Å²) in [6.07, 6.45) is 2.12. The molecule has 1 amide bonds. The van der Waals surface area contributed by atoms with Gasteiger partial charge in [0.1, 0.15) is 0 Å². The third kappa shape index (κ3) is 2.83. The average Bonchev–Trinajstić information content (AvgIpc) is 2.97. The Kier molecular flexibility index (Phi) is 3.75. The number of H-pyrrole nitrogens is 1. The predicted molar refractivity (Wildman–Crippen MR) is 80.6 cm³/mol. The number of fused-ring (bicyclic) bond motifs is 1. The highest BCUT2D eigenvalue weighted by molar-refractivity contribution is 6.05. The van der Waals surface area contributed by atoms with Gasteiger partial charge in [-0.3, -0.25) is 9.59 Å². The summed E-state index contributed by atoms with van der Waals surface area (Å²) in [6, 6.07) is 6.72. The minimum absolute atomic E-state index is 0.0740. The summed E-state index contributed by atoms with van der Waals surface area (Å²) in [4.78, 5) is 27.4. The number of nitrogens with one attached hydrogen (secondary N) is 2. The van der Waals surface area contributed by atoms with E-state index in [0.29, 0.717) is 23.0 Å². The van der Waals surface area contributed by atoms with Crippen molar-refractivity contribution in [2.75, 3.05) is 13.2 Å². The van der Waals surface area contributed by atoms with Gasteiger partial charge in [0.25, 0.3) is 5.91 Å². The Bertz CT molecular complexity index is 730. The van der Waals surface area contributed by atoms with E-state index in [0.717, 1.165) is 25.1 Å². The molecule has 0 radical (unpaired) electrons. The predicted octanol–water partition coefficient (Wildman–Crippen LogP) is 1.75. The fourth-order valence-corrected chi connectivity index (χ4v) is 2.70. The number of carbonyl (C=O) groups excluding carboxylic acids is 1. The van der Waals surface area contributed by atoms with Crippen LogP contribution in [0.15, 0.2) is 29.1 Å². The molecule has 0 spiro atoms. The molecule has 1 aromatic carbocycles. The smallest absolute Gasteiger partial charge is 0.253 e. The van der Waals surface area contributed by atoms with Crippen molar-refractivity contribution in [3.05, 3.63) is 45.7 Å². The van der Waals surface area contributed by atoms with E-state index in [9.17, 15) is 9.59 Å². The molecule has 21 heavy (non-hydrogen) atoms. The number of aryl methyl sites for hydroxylation is 1. The van der Waals surface area contributed by atoms with E-state index in [1.165, 1.54) is 6.07 Å². The molecule has 1 fully saturated rings. The highest BCUT2D eigenvalue weighted by Gasteiger charge is 2.18. The number of aromatic amines is 1. The first kappa shape index (κ1) is 13.8. The number of aromatic nitrogens is 1. The lowest BCUT2D eigenvalue weighted by Gasteiger charge is -2.12. The second-order valence-corrected chi connectivity index (χ2v) is 5.39. The number of hydrogen-bond acceptors (Lipinski definition) is 3. The molecule has 2 heterocycles. The Morgan fingerprint density at radius 1 is 1.48 bits per heavy atom. The number of benzene rings is 1.